The van der Waals surface area contributed by atoms with Gasteiger partial charge in [-0.25, -0.2) is 4.98 Å². The summed E-state index contributed by atoms with van der Waals surface area (Å²) < 4.78 is 7.68. The van der Waals surface area contributed by atoms with E-state index in [0.717, 1.165) is 16.6 Å². The molecule has 2 heterocycles. The molecule has 0 N–H and O–H groups in total. The second-order valence-corrected chi connectivity index (χ2v) is 4.64. The molecule has 0 bridgehead atoms. The number of halogens is 1. The van der Waals surface area contributed by atoms with Gasteiger partial charge in [-0.2, -0.15) is 5.26 Å². The summed E-state index contributed by atoms with van der Waals surface area (Å²) in [6.07, 6.45) is 1.75. The van der Waals surface area contributed by atoms with E-state index in [2.05, 4.69) is 26.1 Å². The third-order valence-electron chi connectivity index (χ3n) is 2.73. The van der Waals surface area contributed by atoms with Crippen LogP contribution in [0.4, 0.5) is 0 Å². The first-order valence-corrected chi connectivity index (χ1v) is 5.96. The standard InChI is InChI=1S/C12H7BrN4O/c1-17-6-15-8-4-7(2-3-10(8)17)12-11(13)9(5-14)16-18-12/h2-4,6H,1H3. The van der Waals surface area contributed by atoms with Gasteiger partial charge in [-0.15, -0.1) is 0 Å². The van der Waals surface area contributed by atoms with Gasteiger partial charge in [-0.05, 0) is 34.1 Å². The van der Waals surface area contributed by atoms with Crippen molar-refractivity contribution in [3.63, 3.8) is 0 Å². The van der Waals surface area contributed by atoms with Crippen LogP contribution in [0.1, 0.15) is 5.69 Å². The molecule has 5 nitrogen and oxygen atoms in total. The molecule has 0 fully saturated rings. The summed E-state index contributed by atoms with van der Waals surface area (Å²) in [4.78, 5) is 4.28. The zero-order chi connectivity index (χ0) is 12.7. The maximum absolute atomic E-state index is 8.84. The first-order chi connectivity index (χ1) is 8.70. The Morgan fingerprint density at radius 3 is 3.00 bits per heavy atom. The Kier molecular flexibility index (Phi) is 2.42. The Labute approximate surface area is 111 Å². The molecule has 0 saturated heterocycles. The second-order valence-electron chi connectivity index (χ2n) is 3.85. The van der Waals surface area contributed by atoms with Crippen LogP contribution < -0.4 is 0 Å². The summed E-state index contributed by atoms with van der Waals surface area (Å²) in [5.74, 6) is 0.541. The molecule has 0 amide bonds. The summed E-state index contributed by atoms with van der Waals surface area (Å²) in [7, 11) is 1.94. The zero-order valence-electron chi connectivity index (χ0n) is 9.38. The lowest BCUT2D eigenvalue weighted by Crippen LogP contribution is -1.83. The predicted molar refractivity (Wildman–Crippen MR) is 68.6 cm³/mol. The van der Waals surface area contributed by atoms with Gasteiger partial charge in [-0.1, -0.05) is 5.16 Å². The highest BCUT2D eigenvalue weighted by atomic mass is 79.9. The topological polar surface area (TPSA) is 67.6 Å². The number of fused-ring (bicyclic) bond motifs is 1. The fourth-order valence-electron chi connectivity index (χ4n) is 1.81. The molecule has 0 spiro atoms. The van der Waals surface area contributed by atoms with Crippen molar-refractivity contribution in [2.45, 2.75) is 0 Å². The largest absolute Gasteiger partial charge is 0.354 e. The molecule has 18 heavy (non-hydrogen) atoms. The van der Waals surface area contributed by atoms with Crippen molar-refractivity contribution in [1.82, 2.24) is 14.7 Å². The molecule has 0 aliphatic rings. The van der Waals surface area contributed by atoms with Crippen LogP contribution in [0.3, 0.4) is 0 Å². The summed E-state index contributed by atoms with van der Waals surface area (Å²) in [6.45, 7) is 0. The highest BCUT2D eigenvalue weighted by molar-refractivity contribution is 9.10. The number of rotatable bonds is 1. The van der Waals surface area contributed by atoms with Crippen LogP contribution in [0.5, 0.6) is 0 Å². The third kappa shape index (κ3) is 1.52. The molecule has 0 atom stereocenters. The molecule has 2 aromatic heterocycles. The zero-order valence-corrected chi connectivity index (χ0v) is 11.0. The molecule has 3 rings (SSSR count). The Balaban J connectivity index is 2.20. The number of aromatic nitrogens is 3. The fraction of sp³-hybridized carbons (Fsp3) is 0.0833. The van der Waals surface area contributed by atoms with Gasteiger partial charge in [0.25, 0.3) is 0 Å². The number of benzene rings is 1. The molecule has 0 radical (unpaired) electrons. The summed E-state index contributed by atoms with van der Waals surface area (Å²) in [6, 6.07) is 7.73. The van der Waals surface area contributed by atoms with Crippen molar-refractivity contribution in [3.05, 3.63) is 34.7 Å². The van der Waals surface area contributed by atoms with E-state index in [1.165, 1.54) is 0 Å². The summed E-state index contributed by atoms with van der Waals surface area (Å²) in [5.41, 5.74) is 2.99. The van der Waals surface area contributed by atoms with Crippen molar-refractivity contribution in [1.29, 1.82) is 5.26 Å². The van der Waals surface area contributed by atoms with Crippen molar-refractivity contribution < 1.29 is 4.52 Å². The van der Waals surface area contributed by atoms with Crippen LogP contribution in [-0.4, -0.2) is 14.7 Å². The Morgan fingerprint density at radius 1 is 1.44 bits per heavy atom. The quantitative estimate of drug-likeness (QED) is 0.693. The average molecular weight is 303 g/mol. The Hall–Kier alpha value is -2.13. The van der Waals surface area contributed by atoms with E-state index in [9.17, 15) is 0 Å². The normalized spacial score (nSPS) is 10.7. The number of hydrogen-bond donors (Lipinski definition) is 0. The Bertz CT molecular complexity index is 781. The highest BCUT2D eigenvalue weighted by Crippen LogP contribution is 2.32. The van der Waals surface area contributed by atoms with E-state index in [0.29, 0.717) is 10.2 Å². The number of nitriles is 1. The van der Waals surface area contributed by atoms with Crippen LogP contribution in [0.2, 0.25) is 0 Å². The van der Waals surface area contributed by atoms with E-state index in [-0.39, 0.29) is 5.69 Å². The lowest BCUT2D eigenvalue weighted by Gasteiger charge is -1.98. The number of imidazole rings is 1. The summed E-state index contributed by atoms with van der Waals surface area (Å²) >= 11 is 3.31. The van der Waals surface area contributed by atoms with Crippen molar-refractivity contribution in [2.75, 3.05) is 0 Å². The minimum absolute atomic E-state index is 0.242. The van der Waals surface area contributed by atoms with E-state index in [4.69, 9.17) is 9.78 Å². The minimum Gasteiger partial charge on any atom is -0.354 e. The molecule has 0 unspecified atom stereocenters. The van der Waals surface area contributed by atoms with Gasteiger partial charge < -0.3 is 9.09 Å². The van der Waals surface area contributed by atoms with Gasteiger partial charge in [0, 0.05) is 12.6 Å². The van der Waals surface area contributed by atoms with E-state index < -0.39 is 0 Å². The van der Waals surface area contributed by atoms with Gasteiger partial charge in [0.15, 0.2) is 11.5 Å². The monoisotopic (exact) mass is 302 g/mol. The van der Waals surface area contributed by atoms with Crippen LogP contribution in [-0.2, 0) is 7.05 Å². The van der Waals surface area contributed by atoms with Crippen LogP contribution >= 0.6 is 15.9 Å². The first-order valence-electron chi connectivity index (χ1n) is 5.17. The van der Waals surface area contributed by atoms with Crippen molar-refractivity contribution in [2.24, 2.45) is 7.05 Å². The highest BCUT2D eigenvalue weighted by Gasteiger charge is 2.15. The van der Waals surface area contributed by atoms with Crippen LogP contribution in [0.25, 0.3) is 22.4 Å². The molecular formula is C12H7BrN4O. The molecule has 0 saturated carbocycles. The fourth-order valence-corrected chi connectivity index (χ4v) is 2.27. The van der Waals surface area contributed by atoms with E-state index in [1.807, 2.05) is 35.9 Å². The van der Waals surface area contributed by atoms with Gasteiger partial charge in [0.05, 0.1) is 17.4 Å². The van der Waals surface area contributed by atoms with Crippen LogP contribution in [0.15, 0.2) is 33.5 Å². The molecule has 88 valence electrons. The number of hydrogen-bond acceptors (Lipinski definition) is 4. The smallest absolute Gasteiger partial charge is 0.198 e. The first kappa shape index (κ1) is 11.0. The summed E-state index contributed by atoms with van der Waals surface area (Å²) in [5, 5.41) is 12.5. The molecule has 0 aliphatic carbocycles. The van der Waals surface area contributed by atoms with E-state index >= 15 is 0 Å². The molecule has 3 aromatic rings. The lowest BCUT2D eigenvalue weighted by atomic mass is 10.1. The second kappa shape index (κ2) is 3.96. The molecular weight excluding hydrogens is 296 g/mol. The lowest BCUT2D eigenvalue weighted by molar-refractivity contribution is 0.430. The Morgan fingerprint density at radius 2 is 2.28 bits per heavy atom. The maximum Gasteiger partial charge on any atom is 0.198 e. The van der Waals surface area contributed by atoms with Crippen molar-refractivity contribution in [3.8, 4) is 17.4 Å². The maximum atomic E-state index is 8.84. The minimum atomic E-state index is 0.242. The molecule has 6 heteroatoms. The number of nitrogens with zero attached hydrogens (tertiary/aromatic N) is 4. The van der Waals surface area contributed by atoms with Gasteiger partial charge in [-0.3, -0.25) is 0 Å². The SMILES string of the molecule is Cn1cnc2cc(-c3onc(C#N)c3Br)ccc21. The predicted octanol–water partition coefficient (Wildman–Crippen LogP) is 2.86. The van der Waals surface area contributed by atoms with Crippen LogP contribution in [0, 0.1) is 11.3 Å². The van der Waals surface area contributed by atoms with Gasteiger partial charge in [0.1, 0.15) is 10.5 Å². The van der Waals surface area contributed by atoms with E-state index in [1.54, 1.807) is 6.33 Å². The third-order valence-corrected chi connectivity index (χ3v) is 3.46. The molecule has 0 aliphatic heterocycles. The van der Waals surface area contributed by atoms with Gasteiger partial charge >= 0.3 is 0 Å². The number of aryl methyl sites for hydroxylation is 1. The average Bonchev–Trinajstić information content (AvgIpc) is 2.93. The molecule has 1 aromatic carbocycles. The van der Waals surface area contributed by atoms with Crippen molar-refractivity contribution >= 4 is 27.0 Å². The van der Waals surface area contributed by atoms with Gasteiger partial charge in [0.2, 0.25) is 0 Å².